The Morgan fingerprint density at radius 1 is 1.10 bits per heavy atom. The van der Waals surface area contributed by atoms with Gasteiger partial charge in [0.2, 0.25) is 5.91 Å². The average molecular weight is 440 g/mol. The molecule has 0 aliphatic carbocycles. The van der Waals surface area contributed by atoms with Crippen LogP contribution >= 0.6 is 11.6 Å². The molecule has 1 saturated heterocycles. The minimum atomic E-state index is -0.583. The molecular weight excluding hydrogens is 410 g/mol. The second-order valence-electron chi connectivity index (χ2n) is 8.05. The Bertz CT molecular complexity index is 778. The minimum absolute atomic E-state index is 0.0688. The molecule has 1 heterocycles. The van der Waals surface area contributed by atoms with Gasteiger partial charge in [0.25, 0.3) is 5.91 Å². The molecule has 0 spiro atoms. The summed E-state index contributed by atoms with van der Waals surface area (Å²) >= 11 is 6.04. The zero-order chi connectivity index (χ0) is 22.3. The normalized spacial score (nSPS) is 14.7. The maximum absolute atomic E-state index is 12.9. The zero-order valence-corrected chi connectivity index (χ0v) is 18.8. The third-order valence-corrected chi connectivity index (χ3v) is 4.77. The van der Waals surface area contributed by atoms with Crippen molar-refractivity contribution in [3.05, 3.63) is 28.8 Å². The summed E-state index contributed by atoms with van der Waals surface area (Å²) in [4.78, 5) is 40.6. The van der Waals surface area contributed by atoms with Gasteiger partial charge in [0, 0.05) is 44.2 Å². The molecule has 166 valence electrons. The SMILES string of the molecule is COc1ccc(Cl)cc1C(=O)N1CCCN(C(=O)CCNC(=O)OC(C)(C)C)CC1. The van der Waals surface area contributed by atoms with Gasteiger partial charge in [0.05, 0.1) is 12.7 Å². The van der Waals surface area contributed by atoms with Gasteiger partial charge in [-0.25, -0.2) is 4.79 Å². The number of carbonyl (C=O) groups excluding carboxylic acids is 3. The number of carbonyl (C=O) groups is 3. The summed E-state index contributed by atoms with van der Waals surface area (Å²) in [6.07, 6.45) is 0.299. The van der Waals surface area contributed by atoms with Gasteiger partial charge in [0.15, 0.2) is 0 Å². The first-order valence-corrected chi connectivity index (χ1v) is 10.4. The Morgan fingerprint density at radius 2 is 1.77 bits per heavy atom. The first kappa shape index (κ1) is 23.8. The van der Waals surface area contributed by atoms with Crippen LogP contribution in [0.4, 0.5) is 4.79 Å². The van der Waals surface area contributed by atoms with Crippen LogP contribution in [0.5, 0.6) is 5.75 Å². The van der Waals surface area contributed by atoms with E-state index in [0.717, 1.165) is 0 Å². The summed E-state index contributed by atoms with van der Waals surface area (Å²) in [6, 6.07) is 4.94. The number of hydrogen-bond acceptors (Lipinski definition) is 5. The maximum Gasteiger partial charge on any atom is 0.407 e. The monoisotopic (exact) mass is 439 g/mol. The van der Waals surface area contributed by atoms with Crippen LogP contribution in [0.2, 0.25) is 5.02 Å². The lowest BCUT2D eigenvalue weighted by Gasteiger charge is -2.23. The van der Waals surface area contributed by atoms with Gasteiger partial charge >= 0.3 is 6.09 Å². The molecule has 2 rings (SSSR count). The molecule has 0 atom stereocenters. The van der Waals surface area contributed by atoms with E-state index in [0.29, 0.717) is 48.9 Å². The molecule has 1 aliphatic heterocycles. The molecule has 1 N–H and O–H groups in total. The van der Waals surface area contributed by atoms with Crippen molar-refractivity contribution in [3.63, 3.8) is 0 Å². The Kier molecular flexibility index (Phi) is 8.34. The molecule has 1 aromatic rings. The lowest BCUT2D eigenvalue weighted by atomic mass is 10.1. The van der Waals surface area contributed by atoms with Crippen LogP contribution < -0.4 is 10.1 Å². The summed E-state index contributed by atoms with van der Waals surface area (Å²) in [5.41, 5.74) is -0.174. The highest BCUT2D eigenvalue weighted by Gasteiger charge is 2.25. The van der Waals surface area contributed by atoms with Crippen molar-refractivity contribution in [1.29, 1.82) is 0 Å². The van der Waals surface area contributed by atoms with E-state index in [1.807, 2.05) is 0 Å². The van der Waals surface area contributed by atoms with Gasteiger partial charge in [-0.1, -0.05) is 11.6 Å². The van der Waals surface area contributed by atoms with E-state index < -0.39 is 11.7 Å². The summed E-state index contributed by atoms with van der Waals surface area (Å²) in [5.74, 6) is 0.228. The van der Waals surface area contributed by atoms with E-state index >= 15 is 0 Å². The third kappa shape index (κ3) is 7.09. The molecule has 8 nitrogen and oxygen atoms in total. The van der Waals surface area contributed by atoms with Gasteiger partial charge < -0.3 is 24.6 Å². The molecule has 0 aromatic heterocycles. The number of rotatable bonds is 5. The van der Waals surface area contributed by atoms with Crippen molar-refractivity contribution in [2.24, 2.45) is 0 Å². The largest absolute Gasteiger partial charge is 0.496 e. The Labute approximate surface area is 182 Å². The van der Waals surface area contributed by atoms with Crippen LogP contribution in [0.1, 0.15) is 44.0 Å². The molecule has 1 aliphatic rings. The number of benzene rings is 1. The first-order valence-electron chi connectivity index (χ1n) is 9.98. The van der Waals surface area contributed by atoms with Crippen molar-refractivity contribution in [2.45, 2.75) is 39.2 Å². The van der Waals surface area contributed by atoms with E-state index in [1.54, 1.807) is 48.8 Å². The molecule has 1 fully saturated rings. The van der Waals surface area contributed by atoms with Crippen LogP contribution in [-0.4, -0.2) is 73.1 Å². The molecule has 0 unspecified atom stereocenters. The summed E-state index contributed by atoms with van der Waals surface area (Å²) in [6.45, 7) is 7.48. The number of nitrogens with zero attached hydrogens (tertiary/aromatic N) is 2. The number of halogens is 1. The van der Waals surface area contributed by atoms with Crippen LogP contribution in [0.3, 0.4) is 0 Å². The highest BCUT2D eigenvalue weighted by molar-refractivity contribution is 6.31. The summed E-state index contributed by atoms with van der Waals surface area (Å²) in [7, 11) is 1.51. The molecule has 0 bridgehead atoms. The van der Waals surface area contributed by atoms with E-state index in [4.69, 9.17) is 21.1 Å². The predicted octanol–water partition coefficient (Wildman–Crippen LogP) is 2.94. The standard InChI is InChI=1S/C21H30ClN3O5/c1-21(2,3)30-20(28)23-9-8-18(26)24-10-5-11-25(13-12-24)19(27)16-14-15(22)6-7-17(16)29-4/h6-7,14H,5,8-13H2,1-4H3,(H,23,28). The Balaban J connectivity index is 1.87. The van der Waals surface area contributed by atoms with E-state index in [9.17, 15) is 14.4 Å². The molecule has 0 saturated carbocycles. The van der Waals surface area contributed by atoms with Crippen molar-refractivity contribution >= 4 is 29.5 Å². The van der Waals surface area contributed by atoms with Crippen LogP contribution in [0, 0.1) is 0 Å². The Morgan fingerprint density at radius 3 is 2.43 bits per heavy atom. The Hall–Kier alpha value is -2.48. The quantitative estimate of drug-likeness (QED) is 0.762. The number of nitrogens with one attached hydrogen (secondary N) is 1. The fraction of sp³-hybridized carbons (Fsp3) is 0.571. The van der Waals surface area contributed by atoms with E-state index in [-0.39, 0.29) is 24.8 Å². The topological polar surface area (TPSA) is 88.2 Å². The second kappa shape index (κ2) is 10.5. The van der Waals surface area contributed by atoms with Crippen LogP contribution in [0.15, 0.2) is 18.2 Å². The highest BCUT2D eigenvalue weighted by atomic mass is 35.5. The number of methoxy groups -OCH3 is 1. The maximum atomic E-state index is 12.9. The fourth-order valence-corrected chi connectivity index (χ4v) is 3.30. The van der Waals surface area contributed by atoms with Gasteiger partial charge in [0.1, 0.15) is 11.4 Å². The third-order valence-electron chi connectivity index (χ3n) is 4.53. The van der Waals surface area contributed by atoms with Crippen molar-refractivity contribution in [2.75, 3.05) is 39.8 Å². The first-order chi connectivity index (χ1) is 14.1. The molecule has 1 aromatic carbocycles. The molecule has 9 heteroatoms. The predicted molar refractivity (Wildman–Crippen MR) is 114 cm³/mol. The molecule has 3 amide bonds. The van der Waals surface area contributed by atoms with Crippen molar-refractivity contribution < 1.29 is 23.9 Å². The summed E-state index contributed by atoms with van der Waals surface area (Å²) < 4.78 is 10.4. The summed E-state index contributed by atoms with van der Waals surface area (Å²) in [5, 5.41) is 3.05. The number of hydrogen-bond donors (Lipinski definition) is 1. The number of amides is 3. The van der Waals surface area contributed by atoms with Gasteiger partial charge in [-0.05, 0) is 45.4 Å². The number of alkyl carbamates (subject to hydrolysis) is 1. The van der Waals surface area contributed by atoms with Crippen LogP contribution in [-0.2, 0) is 9.53 Å². The van der Waals surface area contributed by atoms with Crippen molar-refractivity contribution in [1.82, 2.24) is 15.1 Å². The lowest BCUT2D eigenvalue weighted by Crippen LogP contribution is -2.39. The van der Waals surface area contributed by atoms with Gasteiger partial charge in [-0.15, -0.1) is 0 Å². The van der Waals surface area contributed by atoms with Crippen LogP contribution in [0.25, 0.3) is 0 Å². The van der Waals surface area contributed by atoms with Gasteiger partial charge in [-0.2, -0.15) is 0 Å². The smallest absolute Gasteiger partial charge is 0.407 e. The zero-order valence-electron chi connectivity index (χ0n) is 18.0. The van der Waals surface area contributed by atoms with E-state index in [2.05, 4.69) is 5.32 Å². The minimum Gasteiger partial charge on any atom is -0.496 e. The molecule has 0 radical (unpaired) electrons. The highest BCUT2D eigenvalue weighted by Crippen LogP contribution is 2.24. The van der Waals surface area contributed by atoms with E-state index in [1.165, 1.54) is 7.11 Å². The average Bonchev–Trinajstić information content (AvgIpc) is 2.92. The van der Waals surface area contributed by atoms with Crippen molar-refractivity contribution in [3.8, 4) is 5.75 Å². The molecule has 30 heavy (non-hydrogen) atoms. The number of ether oxygens (including phenoxy) is 2. The second-order valence-corrected chi connectivity index (χ2v) is 8.49. The lowest BCUT2D eigenvalue weighted by molar-refractivity contribution is -0.130. The molecular formula is C21H30ClN3O5. The fourth-order valence-electron chi connectivity index (χ4n) is 3.13. The van der Waals surface area contributed by atoms with Gasteiger partial charge in [-0.3, -0.25) is 9.59 Å².